The van der Waals surface area contributed by atoms with E-state index in [0.29, 0.717) is 22.5 Å². The number of nitrogens with zero attached hydrogens (tertiary/aromatic N) is 2. The van der Waals surface area contributed by atoms with Crippen molar-refractivity contribution in [1.82, 2.24) is 14.8 Å². The van der Waals surface area contributed by atoms with Crippen LogP contribution in [-0.2, 0) is 12.3 Å². The van der Waals surface area contributed by atoms with Crippen LogP contribution in [0.15, 0.2) is 32.6 Å². The van der Waals surface area contributed by atoms with Crippen LogP contribution in [0.3, 0.4) is 0 Å². The Morgan fingerprint density at radius 3 is 3.00 bits per heavy atom. The lowest BCUT2D eigenvalue weighted by molar-refractivity contribution is 0.604. The third kappa shape index (κ3) is 3.64. The Bertz CT molecular complexity index is 626. The summed E-state index contributed by atoms with van der Waals surface area (Å²) in [4.78, 5) is 11.6. The molecular weight excluding hydrogens is 350 g/mol. The van der Waals surface area contributed by atoms with Crippen molar-refractivity contribution in [3.63, 3.8) is 0 Å². The molecule has 1 aromatic heterocycles. The van der Waals surface area contributed by atoms with E-state index in [1.54, 1.807) is 4.57 Å². The minimum atomic E-state index is -0.161. The summed E-state index contributed by atoms with van der Waals surface area (Å²) in [5, 5.41) is 7.92. The Morgan fingerprint density at radius 1 is 1.53 bits per heavy atom. The number of H-pyrrole nitrogens is 1. The Balaban J connectivity index is 2.12. The van der Waals surface area contributed by atoms with Gasteiger partial charge in [0.1, 0.15) is 0 Å². The first-order chi connectivity index (χ1) is 9.11. The number of halogens is 2. The van der Waals surface area contributed by atoms with Crippen molar-refractivity contribution >= 4 is 39.3 Å². The Morgan fingerprint density at radius 2 is 2.32 bits per heavy atom. The molecule has 0 amide bonds. The molecule has 0 spiro atoms. The van der Waals surface area contributed by atoms with Gasteiger partial charge in [0.05, 0.1) is 0 Å². The van der Waals surface area contributed by atoms with Crippen molar-refractivity contribution in [2.45, 2.75) is 30.8 Å². The molecule has 0 radical (unpaired) electrons. The summed E-state index contributed by atoms with van der Waals surface area (Å²) in [6.45, 7) is 2.70. The highest BCUT2D eigenvalue weighted by atomic mass is 79.9. The molecule has 1 heterocycles. The zero-order valence-corrected chi connectivity index (χ0v) is 13.5. The van der Waals surface area contributed by atoms with Crippen molar-refractivity contribution in [1.29, 1.82) is 0 Å². The third-order valence-corrected chi connectivity index (χ3v) is 4.41. The second-order valence-electron chi connectivity index (χ2n) is 3.99. The van der Waals surface area contributed by atoms with Gasteiger partial charge in [0, 0.05) is 21.8 Å². The molecule has 0 aliphatic heterocycles. The summed E-state index contributed by atoms with van der Waals surface area (Å²) in [5.41, 5.74) is 0.861. The van der Waals surface area contributed by atoms with Gasteiger partial charge in [0.2, 0.25) is 0 Å². The molecule has 7 heteroatoms. The van der Waals surface area contributed by atoms with E-state index in [9.17, 15) is 4.79 Å². The summed E-state index contributed by atoms with van der Waals surface area (Å²) in [5.74, 6) is 0.681. The first kappa shape index (κ1) is 14.7. The molecule has 0 bridgehead atoms. The first-order valence-corrected chi connectivity index (χ1v) is 7.99. The molecule has 1 aromatic carbocycles. The smallest absolute Gasteiger partial charge is 0.270 e. The van der Waals surface area contributed by atoms with Gasteiger partial charge in [0.15, 0.2) is 5.16 Å². The Kier molecular flexibility index (Phi) is 5.13. The van der Waals surface area contributed by atoms with Crippen LogP contribution in [0.1, 0.15) is 18.9 Å². The van der Waals surface area contributed by atoms with E-state index in [1.165, 1.54) is 11.8 Å². The van der Waals surface area contributed by atoms with Crippen molar-refractivity contribution in [2.24, 2.45) is 0 Å². The topological polar surface area (TPSA) is 50.7 Å². The molecule has 0 atom stereocenters. The molecule has 0 saturated heterocycles. The van der Waals surface area contributed by atoms with Crippen LogP contribution in [0.5, 0.6) is 0 Å². The molecule has 1 N–H and O–H groups in total. The molecule has 0 unspecified atom stereocenters. The van der Waals surface area contributed by atoms with Crippen molar-refractivity contribution in [3.8, 4) is 0 Å². The fourth-order valence-corrected chi connectivity index (χ4v) is 3.41. The average Bonchev–Trinajstić information content (AvgIpc) is 2.71. The minimum Gasteiger partial charge on any atom is -0.270 e. The van der Waals surface area contributed by atoms with Crippen LogP contribution >= 0.6 is 39.3 Å². The molecule has 102 valence electrons. The molecule has 0 aliphatic carbocycles. The van der Waals surface area contributed by atoms with Gasteiger partial charge in [-0.2, -0.15) is 0 Å². The summed E-state index contributed by atoms with van der Waals surface area (Å²) in [7, 11) is 0. The SMILES string of the molecule is CCCn1c(SCc2ccc(Br)cc2Cl)n[nH]c1=O. The highest BCUT2D eigenvalue weighted by Crippen LogP contribution is 2.27. The number of aromatic nitrogens is 3. The summed E-state index contributed by atoms with van der Waals surface area (Å²) in [6.07, 6.45) is 0.895. The van der Waals surface area contributed by atoms with E-state index in [-0.39, 0.29) is 5.69 Å². The van der Waals surface area contributed by atoms with E-state index in [1.807, 2.05) is 25.1 Å². The number of rotatable bonds is 5. The zero-order valence-electron chi connectivity index (χ0n) is 10.3. The lowest BCUT2D eigenvalue weighted by Crippen LogP contribution is -2.17. The van der Waals surface area contributed by atoms with Gasteiger partial charge in [-0.3, -0.25) is 4.57 Å². The number of aromatic amines is 1. The Labute approximate surface area is 128 Å². The molecular formula is C12H13BrClN3OS. The van der Waals surface area contributed by atoms with E-state index in [4.69, 9.17) is 11.6 Å². The first-order valence-electron chi connectivity index (χ1n) is 5.83. The van der Waals surface area contributed by atoms with Crippen LogP contribution in [0.25, 0.3) is 0 Å². The maximum Gasteiger partial charge on any atom is 0.343 e. The van der Waals surface area contributed by atoms with Crippen LogP contribution in [0, 0.1) is 0 Å². The molecule has 0 aliphatic rings. The van der Waals surface area contributed by atoms with Crippen LogP contribution < -0.4 is 5.69 Å². The van der Waals surface area contributed by atoms with Gasteiger partial charge in [0.25, 0.3) is 0 Å². The maximum absolute atomic E-state index is 11.6. The molecule has 19 heavy (non-hydrogen) atoms. The van der Waals surface area contributed by atoms with E-state index < -0.39 is 0 Å². The van der Waals surface area contributed by atoms with Gasteiger partial charge in [-0.25, -0.2) is 9.89 Å². The fourth-order valence-electron chi connectivity index (χ4n) is 1.62. The second-order valence-corrected chi connectivity index (χ2v) is 6.25. The molecule has 0 saturated carbocycles. The lowest BCUT2D eigenvalue weighted by atomic mass is 10.2. The molecule has 0 fully saturated rings. The van der Waals surface area contributed by atoms with Crippen molar-refractivity contribution < 1.29 is 0 Å². The third-order valence-electron chi connectivity index (χ3n) is 2.54. The number of nitrogens with one attached hydrogen (secondary N) is 1. The fraction of sp³-hybridized carbons (Fsp3) is 0.333. The summed E-state index contributed by atoms with van der Waals surface area (Å²) < 4.78 is 2.60. The monoisotopic (exact) mass is 361 g/mol. The second kappa shape index (κ2) is 6.63. The van der Waals surface area contributed by atoms with Crippen LogP contribution in [0.4, 0.5) is 0 Å². The number of thioether (sulfide) groups is 1. The summed E-state index contributed by atoms with van der Waals surface area (Å²) >= 11 is 11.0. The molecule has 2 aromatic rings. The predicted molar refractivity (Wildman–Crippen MR) is 81.9 cm³/mol. The van der Waals surface area contributed by atoms with Gasteiger partial charge in [-0.05, 0) is 24.1 Å². The van der Waals surface area contributed by atoms with Crippen molar-refractivity contribution in [2.75, 3.05) is 0 Å². The molecule has 4 nitrogen and oxygen atoms in total. The van der Waals surface area contributed by atoms with Gasteiger partial charge in [-0.1, -0.05) is 52.3 Å². The Hall–Kier alpha value is -0.720. The maximum atomic E-state index is 11.6. The number of hydrogen-bond acceptors (Lipinski definition) is 3. The van der Waals surface area contributed by atoms with Gasteiger partial charge in [-0.15, -0.1) is 5.10 Å². The highest BCUT2D eigenvalue weighted by Gasteiger charge is 2.09. The summed E-state index contributed by atoms with van der Waals surface area (Å²) in [6, 6.07) is 5.78. The van der Waals surface area contributed by atoms with Crippen LogP contribution in [0.2, 0.25) is 5.02 Å². The van der Waals surface area contributed by atoms with E-state index in [0.717, 1.165) is 16.5 Å². The van der Waals surface area contributed by atoms with Gasteiger partial charge >= 0.3 is 5.69 Å². The number of hydrogen-bond donors (Lipinski definition) is 1. The highest BCUT2D eigenvalue weighted by molar-refractivity contribution is 9.10. The van der Waals surface area contributed by atoms with E-state index in [2.05, 4.69) is 26.1 Å². The quantitative estimate of drug-likeness (QED) is 0.825. The minimum absolute atomic E-state index is 0.161. The van der Waals surface area contributed by atoms with Gasteiger partial charge < -0.3 is 0 Å². The average molecular weight is 363 g/mol. The lowest BCUT2D eigenvalue weighted by Gasteiger charge is -2.05. The predicted octanol–water partition coefficient (Wildman–Crippen LogP) is 3.69. The van der Waals surface area contributed by atoms with Crippen LogP contribution in [-0.4, -0.2) is 14.8 Å². The van der Waals surface area contributed by atoms with Crippen molar-refractivity contribution in [3.05, 3.63) is 43.7 Å². The zero-order chi connectivity index (χ0) is 13.8. The number of benzene rings is 1. The normalized spacial score (nSPS) is 10.9. The molecule has 2 rings (SSSR count). The largest absolute Gasteiger partial charge is 0.343 e. The standard InChI is InChI=1S/C12H13BrClN3OS/c1-2-5-17-11(18)15-16-12(17)19-7-8-3-4-9(13)6-10(8)14/h3-4,6H,2,5,7H2,1H3,(H,15,18). The van der Waals surface area contributed by atoms with E-state index >= 15 is 0 Å².